The summed E-state index contributed by atoms with van der Waals surface area (Å²) < 4.78 is 16.3. The highest BCUT2D eigenvalue weighted by atomic mass is 19.1. The molecule has 1 aliphatic carbocycles. The third kappa shape index (κ3) is 2.80. The van der Waals surface area contributed by atoms with E-state index < -0.39 is 0 Å². The number of benzene rings is 2. The van der Waals surface area contributed by atoms with E-state index in [1.165, 1.54) is 11.3 Å². The Morgan fingerprint density at radius 3 is 2.69 bits per heavy atom. The van der Waals surface area contributed by atoms with Gasteiger partial charge in [-0.3, -0.25) is 4.79 Å². The number of halogens is 1. The van der Waals surface area contributed by atoms with Crippen molar-refractivity contribution in [1.29, 1.82) is 0 Å². The van der Waals surface area contributed by atoms with Crippen LogP contribution in [0.1, 0.15) is 47.4 Å². The van der Waals surface area contributed by atoms with E-state index in [9.17, 15) is 9.18 Å². The van der Waals surface area contributed by atoms with E-state index in [4.69, 9.17) is 0 Å². The fraction of sp³-hybridized carbons (Fsp3) is 0.333. The van der Waals surface area contributed by atoms with Gasteiger partial charge in [-0.25, -0.2) is 9.37 Å². The van der Waals surface area contributed by atoms with E-state index >= 15 is 0 Å². The number of aryl methyl sites for hydroxylation is 1. The first kappa shape index (κ1) is 19.5. The Morgan fingerprint density at radius 2 is 1.91 bits per heavy atom. The van der Waals surface area contributed by atoms with Gasteiger partial charge in [0.2, 0.25) is 0 Å². The van der Waals surface area contributed by atoms with E-state index in [2.05, 4.69) is 23.4 Å². The molecule has 4 nitrogen and oxygen atoms in total. The van der Waals surface area contributed by atoms with Gasteiger partial charge in [0, 0.05) is 47.0 Å². The molecule has 0 unspecified atom stereocenters. The van der Waals surface area contributed by atoms with Crippen LogP contribution in [0.25, 0.3) is 21.8 Å². The van der Waals surface area contributed by atoms with Gasteiger partial charge in [0.25, 0.3) is 5.91 Å². The van der Waals surface area contributed by atoms with Crippen LogP contribution < -0.4 is 0 Å². The van der Waals surface area contributed by atoms with Gasteiger partial charge in [0.1, 0.15) is 11.5 Å². The zero-order valence-corrected chi connectivity index (χ0v) is 18.4. The highest BCUT2D eigenvalue weighted by Gasteiger charge is 2.54. The van der Waals surface area contributed by atoms with Crippen molar-refractivity contribution in [2.75, 3.05) is 13.1 Å². The molecular formula is C27H26FN3O. The van der Waals surface area contributed by atoms with E-state index in [-0.39, 0.29) is 17.1 Å². The Morgan fingerprint density at radius 1 is 1.12 bits per heavy atom. The first-order chi connectivity index (χ1) is 15.5. The first-order valence-corrected chi connectivity index (χ1v) is 11.4. The lowest BCUT2D eigenvalue weighted by Crippen LogP contribution is -2.63. The number of fused-ring (bicyclic) bond motifs is 2. The van der Waals surface area contributed by atoms with E-state index in [1.807, 2.05) is 47.4 Å². The molecule has 1 amide bonds. The van der Waals surface area contributed by atoms with Gasteiger partial charge < -0.3 is 9.47 Å². The SMILES string of the molecule is CCn1c(C)c(C2CC3(C2)CN(C(=O)c2ccc4ccccc4n2)C3)c2cc(F)ccc21. The molecule has 5 heteroatoms. The molecule has 2 aromatic heterocycles. The minimum absolute atomic E-state index is 0.0191. The van der Waals surface area contributed by atoms with Gasteiger partial charge >= 0.3 is 0 Å². The van der Waals surface area contributed by atoms with E-state index in [0.717, 1.165) is 54.3 Å². The summed E-state index contributed by atoms with van der Waals surface area (Å²) in [5.41, 5.74) is 5.25. The fourth-order valence-corrected chi connectivity index (χ4v) is 6.11. The minimum atomic E-state index is -0.177. The van der Waals surface area contributed by atoms with Crippen LogP contribution in [0.15, 0.2) is 54.6 Å². The zero-order chi connectivity index (χ0) is 22.0. The van der Waals surface area contributed by atoms with Gasteiger partial charge in [-0.2, -0.15) is 0 Å². The molecule has 1 saturated carbocycles. The lowest BCUT2D eigenvalue weighted by molar-refractivity contribution is -0.0555. The second-order valence-electron chi connectivity index (χ2n) is 9.56. The van der Waals surface area contributed by atoms with Crippen molar-refractivity contribution >= 4 is 27.7 Å². The topological polar surface area (TPSA) is 38.1 Å². The molecule has 162 valence electrons. The van der Waals surface area contributed by atoms with Crippen molar-refractivity contribution in [2.24, 2.45) is 5.41 Å². The average Bonchev–Trinajstić information content (AvgIpc) is 3.01. The predicted molar refractivity (Wildman–Crippen MR) is 124 cm³/mol. The monoisotopic (exact) mass is 427 g/mol. The lowest BCUT2D eigenvalue weighted by atomic mass is 9.56. The Labute approximate surface area is 186 Å². The normalized spacial score (nSPS) is 17.7. The summed E-state index contributed by atoms with van der Waals surface area (Å²) in [6.45, 7) is 6.75. The molecular weight excluding hydrogens is 401 g/mol. The van der Waals surface area contributed by atoms with Gasteiger partial charge in [-0.05, 0) is 68.5 Å². The van der Waals surface area contributed by atoms with Crippen LogP contribution in [-0.4, -0.2) is 33.4 Å². The second-order valence-corrected chi connectivity index (χ2v) is 9.56. The number of likely N-dealkylation sites (tertiary alicyclic amines) is 1. The minimum Gasteiger partial charge on any atom is -0.345 e. The van der Waals surface area contributed by atoms with Crippen LogP contribution in [0.3, 0.4) is 0 Å². The number of amides is 1. The molecule has 1 saturated heterocycles. The molecule has 1 spiro atoms. The summed E-state index contributed by atoms with van der Waals surface area (Å²) in [7, 11) is 0. The summed E-state index contributed by atoms with van der Waals surface area (Å²) in [4.78, 5) is 19.5. The van der Waals surface area contributed by atoms with Crippen LogP contribution in [0.4, 0.5) is 4.39 Å². The Kier molecular flexibility index (Phi) is 4.19. The van der Waals surface area contributed by atoms with Crippen molar-refractivity contribution in [3.8, 4) is 0 Å². The number of pyridine rings is 1. The molecule has 4 aromatic rings. The van der Waals surface area contributed by atoms with Gasteiger partial charge in [0.05, 0.1) is 5.52 Å². The van der Waals surface area contributed by atoms with Crippen LogP contribution in [0.2, 0.25) is 0 Å². The predicted octanol–water partition coefficient (Wildman–Crippen LogP) is 5.68. The highest BCUT2D eigenvalue weighted by molar-refractivity contribution is 5.95. The molecule has 2 fully saturated rings. The molecule has 2 aliphatic rings. The van der Waals surface area contributed by atoms with Gasteiger partial charge in [-0.15, -0.1) is 0 Å². The maximum absolute atomic E-state index is 14.0. The van der Waals surface area contributed by atoms with Crippen molar-refractivity contribution in [2.45, 2.75) is 39.2 Å². The van der Waals surface area contributed by atoms with Crippen LogP contribution >= 0.6 is 0 Å². The largest absolute Gasteiger partial charge is 0.345 e. The average molecular weight is 428 g/mol. The zero-order valence-electron chi connectivity index (χ0n) is 18.4. The number of para-hydroxylation sites is 1. The number of nitrogens with zero attached hydrogens (tertiary/aromatic N) is 3. The third-order valence-corrected chi connectivity index (χ3v) is 7.57. The molecule has 6 rings (SSSR count). The quantitative estimate of drug-likeness (QED) is 0.422. The Bertz CT molecular complexity index is 1370. The van der Waals surface area contributed by atoms with Crippen molar-refractivity contribution in [3.05, 3.63) is 77.4 Å². The molecule has 32 heavy (non-hydrogen) atoms. The molecule has 0 N–H and O–H groups in total. The van der Waals surface area contributed by atoms with E-state index in [0.29, 0.717) is 11.6 Å². The maximum atomic E-state index is 14.0. The van der Waals surface area contributed by atoms with Gasteiger partial charge in [0.15, 0.2) is 0 Å². The summed E-state index contributed by atoms with van der Waals surface area (Å²) in [6.07, 6.45) is 2.12. The summed E-state index contributed by atoms with van der Waals surface area (Å²) in [5.74, 6) is 0.276. The van der Waals surface area contributed by atoms with Crippen molar-refractivity contribution in [1.82, 2.24) is 14.5 Å². The highest BCUT2D eigenvalue weighted by Crippen LogP contribution is 2.58. The van der Waals surface area contributed by atoms with Crippen molar-refractivity contribution in [3.63, 3.8) is 0 Å². The smallest absolute Gasteiger partial charge is 0.272 e. The number of hydrogen-bond acceptors (Lipinski definition) is 2. The molecule has 1 aliphatic heterocycles. The Hall–Kier alpha value is -3.21. The standard InChI is InChI=1S/C27H26FN3O/c1-3-31-17(2)25(21-12-20(28)9-11-24(21)31)19-13-27(14-19)15-30(16-27)26(32)23-10-8-18-6-4-5-7-22(18)29-23/h4-12,19H,3,13-16H2,1-2H3. The molecule has 3 heterocycles. The van der Waals surface area contributed by atoms with Crippen LogP contribution in [0, 0.1) is 18.2 Å². The third-order valence-electron chi connectivity index (χ3n) is 7.57. The summed E-state index contributed by atoms with van der Waals surface area (Å²) in [6, 6.07) is 16.8. The molecule has 0 bridgehead atoms. The summed E-state index contributed by atoms with van der Waals surface area (Å²) >= 11 is 0. The number of carbonyl (C=O) groups excluding carboxylic acids is 1. The number of aromatic nitrogens is 2. The van der Waals surface area contributed by atoms with Gasteiger partial charge in [-0.1, -0.05) is 24.3 Å². The molecule has 2 aromatic carbocycles. The van der Waals surface area contributed by atoms with E-state index in [1.54, 1.807) is 12.1 Å². The molecule has 0 radical (unpaired) electrons. The summed E-state index contributed by atoms with van der Waals surface area (Å²) in [5, 5.41) is 2.10. The number of hydrogen-bond donors (Lipinski definition) is 0. The lowest BCUT2D eigenvalue weighted by Gasteiger charge is -2.59. The van der Waals surface area contributed by atoms with Crippen LogP contribution in [-0.2, 0) is 6.54 Å². The van der Waals surface area contributed by atoms with Crippen molar-refractivity contribution < 1.29 is 9.18 Å². The second kappa shape index (κ2) is 6.89. The number of rotatable bonds is 3. The fourth-order valence-electron chi connectivity index (χ4n) is 6.11. The Balaban J connectivity index is 1.19. The maximum Gasteiger partial charge on any atom is 0.272 e. The molecule has 0 atom stereocenters. The number of carbonyl (C=O) groups is 1. The van der Waals surface area contributed by atoms with Crippen LogP contribution in [0.5, 0.6) is 0 Å². The first-order valence-electron chi connectivity index (χ1n) is 11.4.